The summed E-state index contributed by atoms with van der Waals surface area (Å²) in [6, 6.07) is 16.4. The van der Waals surface area contributed by atoms with E-state index in [1.807, 2.05) is 30.3 Å². The molecule has 0 radical (unpaired) electrons. The largest absolute Gasteiger partial charge is 0.494 e. The molecule has 0 unspecified atom stereocenters. The van der Waals surface area contributed by atoms with Crippen LogP contribution in [-0.4, -0.2) is 6.61 Å². The number of aryl methyl sites for hydroxylation is 1. The molecule has 0 spiro atoms. The van der Waals surface area contributed by atoms with Gasteiger partial charge in [-0.3, -0.25) is 0 Å². The Morgan fingerprint density at radius 2 is 1.57 bits per heavy atom. The Morgan fingerprint density at radius 1 is 0.957 bits per heavy atom. The van der Waals surface area contributed by atoms with Crippen molar-refractivity contribution in [2.75, 3.05) is 6.61 Å². The quantitative estimate of drug-likeness (QED) is 0.379. The van der Waals surface area contributed by atoms with Crippen LogP contribution in [0.15, 0.2) is 61.2 Å². The summed E-state index contributed by atoms with van der Waals surface area (Å²) in [5.74, 6) is 7.31. The average Bonchev–Trinajstić information content (AvgIpc) is 2.60. The zero-order valence-corrected chi connectivity index (χ0v) is 13.8. The van der Waals surface area contributed by atoms with Crippen molar-refractivity contribution >= 4 is 0 Å². The van der Waals surface area contributed by atoms with Gasteiger partial charge in [0.25, 0.3) is 0 Å². The molecule has 0 N–H and O–H groups in total. The molecule has 118 valence electrons. The number of rotatable bonds is 7. The van der Waals surface area contributed by atoms with E-state index in [4.69, 9.17) is 4.74 Å². The Kier molecular flexibility index (Phi) is 7.01. The van der Waals surface area contributed by atoms with Crippen molar-refractivity contribution in [1.82, 2.24) is 0 Å². The molecule has 0 amide bonds. The van der Waals surface area contributed by atoms with Crippen molar-refractivity contribution in [3.8, 4) is 17.6 Å². The molecule has 1 heteroatoms. The zero-order chi connectivity index (χ0) is 16.3. The standard InChI is InChI=1S/C22H24O/c1-3-5-7-19-8-10-20(11-9-19)12-13-21-14-16-22(17-15-21)23-18-6-4-2/h3,8-11,14-17H,1,4-7,18H2,2H3. The smallest absolute Gasteiger partial charge is 0.119 e. The number of allylic oxidation sites excluding steroid dienone is 1. The topological polar surface area (TPSA) is 9.23 Å². The van der Waals surface area contributed by atoms with Crippen LogP contribution in [0.4, 0.5) is 0 Å². The van der Waals surface area contributed by atoms with Crippen LogP contribution in [0.25, 0.3) is 0 Å². The van der Waals surface area contributed by atoms with Gasteiger partial charge in [0.1, 0.15) is 5.75 Å². The third kappa shape index (κ3) is 6.04. The van der Waals surface area contributed by atoms with E-state index < -0.39 is 0 Å². The lowest BCUT2D eigenvalue weighted by atomic mass is 10.1. The molecule has 23 heavy (non-hydrogen) atoms. The maximum absolute atomic E-state index is 5.65. The van der Waals surface area contributed by atoms with E-state index in [0.29, 0.717) is 0 Å². The van der Waals surface area contributed by atoms with Crippen molar-refractivity contribution in [3.63, 3.8) is 0 Å². The summed E-state index contributed by atoms with van der Waals surface area (Å²) < 4.78 is 5.65. The minimum Gasteiger partial charge on any atom is -0.494 e. The highest BCUT2D eigenvalue weighted by atomic mass is 16.5. The van der Waals surface area contributed by atoms with Gasteiger partial charge in [-0.1, -0.05) is 43.4 Å². The minimum atomic E-state index is 0.778. The second-order valence-electron chi connectivity index (χ2n) is 5.50. The number of unbranched alkanes of at least 4 members (excludes halogenated alkanes) is 1. The third-order valence-corrected chi connectivity index (χ3v) is 3.56. The molecule has 2 aromatic carbocycles. The highest BCUT2D eigenvalue weighted by Crippen LogP contribution is 2.12. The van der Waals surface area contributed by atoms with Crippen molar-refractivity contribution in [1.29, 1.82) is 0 Å². The number of benzene rings is 2. The fourth-order valence-corrected chi connectivity index (χ4v) is 2.14. The van der Waals surface area contributed by atoms with Gasteiger partial charge in [0.15, 0.2) is 0 Å². The van der Waals surface area contributed by atoms with Gasteiger partial charge in [-0.15, -0.1) is 6.58 Å². The van der Waals surface area contributed by atoms with Crippen LogP contribution in [0.2, 0.25) is 0 Å². The number of hydrogen-bond acceptors (Lipinski definition) is 1. The van der Waals surface area contributed by atoms with Gasteiger partial charge in [-0.05, 0) is 61.2 Å². The Balaban J connectivity index is 1.94. The lowest BCUT2D eigenvalue weighted by Crippen LogP contribution is -1.95. The molecule has 0 heterocycles. The SMILES string of the molecule is C=CCCc1ccc(C#Cc2ccc(OCCCC)cc2)cc1. The highest BCUT2D eigenvalue weighted by molar-refractivity contribution is 5.44. The first-order valence-corrected chi connectivity index (χ1v) is 8.26. The molecule has 0 bridgehead atoms. The Labute approximate surface area is 140 Å². The van der Waals surface area contributed by atoms with Crippen LogP contribution in [0, 0.1) is 11.8 Å². The van der Waals surface area contributed by atoms with Crippen LogP contribution in [-0.2, 0) is 6.42 Å². The summed E-state index contributed by atoms with van der Waals surface area (Å²) in [6.07, 6.45) is 6.23. The van der Waals surface area contributed by atoms with Crippen LogP contribution in [0.1, 0.15) is 42.9 Å². The van der Waals surface area contributed by atoms with Gasteiger partial charge in [0, 0.05) is 11.1 Å². The minimum absolute atomic E-state index is 0.778. The van der Waals surface area contributed by atoms with E-state index in [1.165, 1.54) is 5.56 Å². The molecule has 2 aromatic rings. The van der Waals surface area contributed by atoms with E-state index in [1.54, 1.807) is 0 Å². The van der Waals surface area contributed by atoms with E-state index in [0.717, 1.165) is 49.2 Å². The summed E-state index contributed by atoms with van der Waals surface area (Å²) in [5.41, 5.74) is 3.36. The van der Waals surface area contributed by atoms with Crippen molar-refractivity contribution in [3.05, 3.63) is 77.9 Å². The van der Waals surface area contributed by atoms with Crippen LogP contribution < -0.4 is 4.74 Å². The Hall–Kier alpha value is -2.46. The predicted molar refractivity (Wildman–Crippen MR) is 97.8 cm³/mol. The Bertz CT molecular complexity index is 654. The summed E-state index contributed by atoms with van der Waals surface area (Å²) >= 11 is 0. The first-order valence-electron chi connectivity index (χ1n) is 8.26. The maximum atomic E-state index is 5.65. The van der Waals surface area contributed by atoms with E-state index in [2.05, 4.69) is 49.6 Å². The molecule has 0 aliphatic carbocycles. The number of ether oxygens (including phenoxy) is 1. The van der Waals surface area contributed by atoms with Gasteiger partial charge in [-0.25, -0.2) is 0 Å². The van der Waals surface area contributed by atoms with Crippen molar-refractivity contribution in [2.45, 2.75) is 32.6 Å². The van der Waals surface area contributed by atoms with Gasteiger partial charge < -0.3 is 4.74 Å². The lowest BCUT2D eigenvalue weighted by molar-refractivity contribution is 0.309. The van der Waals surface area contributed by atoms with E-state index in [-0.39, 0.29) is 0 Å². The molecule has 0 saturated carbocycles. The summed E-state index contributed by atoms with van der Waals surface area (Å²) in [7, 11) is 0. The van der Waals surface area contributed by atoms with Gasteiger partial charge in [0.05, 0.1) is 6.61 Å². The first-order chi connectivity index (χ1) is 11.3. The molecule has 0 saturated heterocycles. The highest BCUT2D eigenvalue weighted by Gasteiger charge is 1.94. The van der Waals surface area contributed by atoms with Crippen molar-refractivity contribution < 1.29 is 4.74 Å². The summed E-state index contributed by atoms with van der Waals surface area (Å²) in [4.78, 5) is 0. The van der Waals surface area contributed by atoms with Gasteiger partial charge >= 0.3 is 0 Å². The zero-order valence-electron chi connectivity index (χ0n) is 13.8. The molecule has 2 rings (SSSR count). The first kappa shape index (κ1) is 16.9. The van der Waals surface area contributed by atoms with Crippen LogP contribution in [0.3, 0.4) is 0 Å². The summed E-state index contributed by atoms with van der Waals surface area (Å²) in [6.45, 7) is 6.69. The van der Waals surface area contributed by atoms with Gasteiger partial charge in [-0.2, -0.15) is 0 Å². The molecule has 0 aromatic heterocycles. The van der Waals surface area contributed by atoms with E-state index in [9.17, 15) is 0 Å². The third-order valence-electron chi connectivity index (χ3n) is 3.56. The molecule has 0 aliphatic heterocycles. The van der Waals surface area contributed by atoms with Crippen LogP contribution in [0.5, 0.6) is 5.75 Å². The van der Waals surface area contributed by atoms with E-state index >= 15 is 0 Å². The molecular weight excluding hydrogens is 280 g/mol. The molecule has 1 nitrogen and oxygen atoms in total. The second kappa shape index (κ2) is 9.54. The average molecular weight is 304 g/mol. The second-order valence-corrected chi connectivity index (χ2v) is 5.50. The lowest BCUT2D eigenvalue weighted by Gasteiger charge is -2.04. The van der Waals surface area contributed by atoms with Gasteiger partial charge in [0.2, 0.25) is 0 Å². The maximum Gasteiger partial charge on any atom is 0.119 e. The molecular formula is C22H24O. The van der Waals surface area contributed by atoms with Crippen LogP contribution >= 0.6 is 0 Å². The Morgan fingerprint density at radius 3 is 2.13 bits per heavy atom. The molecule has 0 aliphatic rings. The fourth-order valence-electron chi connectivity index (χ4n) is 2.14. The monoisotopic (exact) mass is 304 g/mol. The normalized spacial score (nSPS) is 9.78. The van der Waals surface area contributed by atoms with Crippen molar-refractivity contribution in [2.24, 2.45) is 0 Å². The number of hydrogen-bond donors (Lipinski definition) is 0. The molecule has 0 atom stereocenters. The summed E-state index contributed by atoms with van der Waals surface area (Å²) in [5, 5.41) is 0. The fraction of sp³-hybridized carbons (Fsp3) is 0.273. The predicted octanol–water partition coefficient (Wildman–Crippen LogP) is 5.38. The molecule has 0 fully saturated rings.